The second-order valence-electron chi connectivity index (χ2n) is 10.2. The zero-order valence-corrected chi connectivity index (χ0v) is 20.5. The molecule has 186 valence electrons. The van der Waals surface area contributed by atoms with E-state index < -0.39 is 35.0 Å². The van der Waals surface area contributed by atoms with Crippen LogP contribution in [0.1, 0.15) is 44.2 Å². The van der Waals surface area contributed by atoms with Crippen LogP contribution in [0.4, 0.5) is 4.79 Å². The van der Waals surface area contributed by atoms with Gasteiger partial charge in [0.2, 0.25) is 0 Å². The zero-order valence-electron chi connectivity index (χ0n) is 20.5. The number of alkyl carbamates (subject to hydrolysis) is 1. The van der Waals surface area contributed by atoms with Crippen molar-refractivity contribution >= 4 is 18.0 Å². The minimum absolute atomic E-state index is 0.103. The van der Waals surface area contributed by atoms with E-state index >= 15 is 0 Å². The average molecular weight is 481 g/mol. The number of aliphatic carboxylic acids is 1. The quantitative estimate of drug-likeness (QED) is 0.627. The number of carboxylic acids is 1. The van der Waals surface area contributed by atoms with Crippen LogP contribution in [0, 0.1) is 5.41 Å². The van der Waals surface area contributed by atoms with Gasteiger partial charge < -0.3 is 24.8 Å². The number of hydrogen-bond acceptors (Lipinski definition) is 5. The molecule has 0 spiro atoms. The predicted molar refractivity (Wildman–Crippen MR) is 130 cm³/mol. The molecule has 2 aromatic rings. The van der Waals surface area contributed by atoms with E-state index in [4.69, 9.17) is 9.47 Å². The molecule has 2 aromatic carbocycles. The summed E-state index contributed by atoms with van der Waals surface area (Å²) < 4.78 is 10.9. The fraction of sp³-hybridized carbons (Fsp3) is 0.444. The summed E-state index contributed by atoms with van der Waals surface area (Å²) in [5.41, 5.74) is 2.34. The normalized spacial score (nSPS) is 20.0. The molecule has 0 aromatic heterocycles. The number of fused-ring (bicyclic) bond motifs is 3. The largest absolute Gasteiger partial charge is 0.480 e. The van der Waals surface area contributed by atoms with Crippen LogP contribution >= 0.6 is 0 Å². The molecule has 1 heterocycles. The van der Waals surface area contributed by atoms with E-state index in [1.54, 1.807) is 0 Å². The van der Waals surface area contributed by atoms with Crippen molar-refractivity contribution in [3.63, 3.8) is 0 Å². The van der Waals surface area contributed by atoms with Gasteiger partial charge in [0.05, 0.1) is 6.61 Å². The van der Waals surface area contributed by atoms with Crippen LogP contribution in [0.15, 0.2) is 48.5 Å². The molecule has 4 rings (SSSR count). The lowest BCUT2D eigenvalue weighted by molar-refractivity contribution is -0.154. The highest BCUT2D eigenvalue weighted by Gasteiger charge is 2.51. The molecule has 1 saturated heterocycles. The van der Waals surface area contributed by atoms with Gasteiger partial charge in [-0.05, 0) is 41.0 Å². The first-order chi connectivity index (χ1) is 16.6. The van der Waals surface area contributed by atoms with Crippen LogP contribution in [-0.2, 0) is 19.1 Å². The van der Waals surface area contributed by atoms with E-state index in [2.05, 4.69) is 17.4 Å². The number of nitrogens with zero attached hydrogens (tertiary/aromatic N) is 1. The van der Waals surface area contributed by atoms with E-state index in [0.717, 1.165) is 22.3 Å². The molecule has 1 fully saturated rings. The van der Waals surface area contributed by atoms with Gasteiger partial charge in [-0.25, -0.2) is 9.59 Å². The maximum absolute atomic E-state index is 13.5. The lowest BCUT2D eigenvalue weighted by Crippen LogP contribution is -2.62. The molecule has 1 aliphatic carbocycles. The van der Waals surface area contributed by atoms with E-state index in [-0.39, 0.29) is 25.7 Å². The minimum Gasteiger partial charge on any atom is -0.480 e. The fourth-order valence-corrected chi connectivity index (χ4v) is 5.40. The minimum atomic E-state index is -1.48. The van der Waals surface area contributed by atoms with Crippen LogP contribution in [-0.4, -0.2) is 66.4 Å². The van der Waals surface area contributed by atoms with Gasteiger partial charge in [-0.15, -0.1) is 0 Å². The zero-order chi connectivity index (χ0) is 25.4. The summed E-state index contributed by atoms with van der Waals surface area (Å²) >= 11 is 0. The van der Waals surface area contributed by atoms with Crippen LogP contribution in [0.2, 0.25) is 0 Å². The second-order valence-corrected chi connectivity index (χ2v) is 10.2. The number of benzene rings is 2. The van der Waals surface area contributed by atoms with Crippen LogP contribution in [0.25, 0.3) is 11.1 Å². The molecule has 2 N–H and O–H groups in total. The number of methoxy groups -OCH3 is 1. The van der Waals surface area contributed by atoms with Crippen molar-refractivity contribution in [2.24, 2.45) is 5.41 Å². The van der Waals surface area contributed by atoms with Gasteiger partial charge in [-0.2, -0.15) is 0 Å². The number of carbonyl (C=O) groups is 3. The topological polar surface area (TPSA) is 105 Å². The molecular weight excluding hydrogens is 448 g/mol. The molecule has 2 unspecified atom stereocenters. The highest BCUT2D eigenvalue weighted by atomic mass is 16.5. The summed E-state index contributed by atoms with van der Waals surface area (Å²) in [5.74, 6) is -1.69. The summed E-state index contributed by atoms with van der Waals surface area (Å²) in [6.07, 6.45) is -0.214. The summed E-state index contributed by atoms with van der Waals surface area (Å²) in [7, 11) is 1.42. The number of carbonyl (C=O) groups excluding carboxylic acids is 2. The van der Waals surface area contributed by atoms with Crippen LogP contribution in [0.3, 0.4) is 0 Å². The van der Waals surface area contributed by atoms with Gasteiger partial charge in [0.1, 0.15) is 18.2 Å². The number of rotatable bonds is 7. The molecule has 0 saturated carbocycles. The van der Waals surface area contributed by atoms with Crippen LogP contribution in [0.5, 0.6) is 0 Å². The molecule has 35 heavy (non-hydrogen) atoms. The third kappa shape index (κ3) is 4.50. The highest BCUT2D eigenvalue weighted by Crippen LogP contribution is 2.44. The lowest BCUT2D eigenvalue weighted by atomic mass is 9.84. The van der Waals surface area contributed by atoms with Crippen molar-refractivity contribution in [1.82, 2.24) is 10.2 Å². The third-order valence-corrected chi connectivity index (χ3v) is 7.17. The maximum Gasteiger partial charge on any atom is 0.408 e. The van der Waals surface area contributed by atoms with Gasteiger partial charge >= 0.3 is 12.1 Å². The Morgan fingerprint density at radius 1 is 1.09 bits per heavy atom. The molecule has 2 aliphatic rings. The number of hydrogen-bond donors (Lipinski definition) is 2. The Balaban J connectivity index is 1.49. The average Bonchev–Trinajstić information content (AvgIpc) is 3.31. The Morgan fingerprint density at radius 3 is 2.20 bits per heavy atom. The molecule has 1 aliphatic heterocycles. The van der Waals surface area contributed by atoms with E-state index in [1.165, 1.54) is 18.9 Å². The van der Waals surface area contributed by atoms with Crippen molar-refractivity contribution in [3.05, 3.63) is 59.7 Å². The van der Waals surface area contributed by atoms with E-state index in [1.807, 2.05) is 50.2 Å². The van der Waals surface area contributed by atoms with Gasteiger partial charge in [0.15, 0.2) is 0 Å². The van der Waals surface area contributed by atoms with E-state index in [0.29, 0.717) is 6.42 Å². The lowest BCUT2D eigenvalue weighted by Gasteiger charge is -2.36. The first-order valence-electron chi connectivity index (χ1n) is 11.7. The Morgan fingerprint density at radius 2 is 1.66 bits per heavy atom. The Bertz CT molecular complexity index is 1100. The number of likely N-dealkylation sites (tertiary alicyclic amines) is 1. The van der Waals surface area contributed by atoms with Gasteiger partial charge in [-0.3, -0.25) is 4.79 Å². The molecule has 0 bridgehead atoms. The number of nitrogens with one attached hydrogen (secondary N) is 1. The summed E-state index contributed by atoms with van der Waals surface area (Å²) in [6.45, 7) is 5.45. The SMILES string of the molecule is COCC(C)(NC(=O)OCC1c2ccccc2-c2ccccc21)C(=O)N1CCC(C)(C)C1C(=O)O. The molecule has 0 radical (unpaired) electrons. The van der Waals surface area contributed by atoms with Gasteiger partial charge in [-0.1, -0.05) is 62.4 Å². The van der Waals surface area contributed by atoms with Crippen LogP contribution < -0.4 is 5.32 Å². The molecule has 2 amide bonds. The van der Waals surface area contributed by atoms with Crippen molar-refractivity contribution in [2.45, 2.75) is 44.7 Å². The molecule has 8 heteroatoms. The van der Waals surface area contributed by atoms with Gasteiger partial charge in [0.25, 0.3) is 5.91 Å². The number of ether oxygens (including phenoxy) is 2. The third-order valence-electron chi connectivity index (χ3n) is 7.17. The van der Waals surface area contributed by atoms with Crippen molar-refractivity contribution in [2.75, 3.05) is 26.9 Å². The first kappa shape index (κ1) is 24.7. The summed E-state index contributed by atoms with van der Waals surface area (Å²) in [6, 6.07) is 15.1. The van der Waals surface area contributed by atoms with Crippen molar-refractivity contribution < 1.29 is 29.0 Å². The number of amides is 2. The van der Waals surface area contributed by atoms with Crippen molar-refractivity contribution in [1.29, 1.82) is 0 Å². The number of carboxylic acid groups (broad SMARTS) is 1. The second kappa shape index (κ2) is 9.34. The molecule has 8 nitrogen and oxygen atoms in total. The smallest absolute Gasteiger partial charge is 0.408 e. The Hall–Kier alpha value is -3.39. The standard InChI is InChI=1S/C27H32N2O6/c1-26(2)13-14-29(22(26)23(30)31)24(32)27(3,16-34-4)28-25(33)35-15-21-19-11-7-5-9-17(19)18-10-6-8-12-20(18)21/h5-12,21-22H,13-16H2,1-4H3,(H,28,33)(H,30,31). The molecular formula is C27H32N2O6. The predicted octanol–water partition coefficient (Wildman–Crippen LogP) is 3.64. The van der Waals surface area contributed by atoms with E-state index in [9.17, 15) is 19.5 Å². The Labute approximate surface area is 205 Å². The maximum atomic E-state index is 13.5. The molecule has 2 atom stereocenters. The summed E-state index contributed by atoms with van der Waals surface area (Å²) in [5, 5.41) is 12.4. The summed E-state index contributed by atoms with van der Waals surface area (Å²) in [4.78, 5) is 39.7. The fourth-order valence-electron chi connectivity index (χ4n) is 5.40. The van der Waals surface area contributed by atoms with Gasteiger partial charge in [0, 0.05) is 19.6 Å². The Kier molecular flexibility index (Phi) is 6.60. The van der Waals surface area contributed by atoms with Crippen molar-refractivity contribution in [3.8, 4) is 11.1 Å². The highest BCUT2D eigenvalue weighted by molar-refractivity contribution is 5.93. The monoisotopic (exact) mass is 480 g/mol. The first-order valence-corrected chi connectivity index (χ1v) is 11.7.